The Morgan fingerprint density at radius 1 is 1.35 bits per heavy atom. The van der Waals surface area contributed by atoms with Crippen molar-refractivity contribution < 1.29 is 18.8 Å². The number of carbonyl (C=O) groups excluding carboxylic acids is 1. The van der Waals surface area contributed by atoms with E-state index in [1.165, 1.54) is 27.2 Å². The number of pyridine rings is 1. The third-order valence-corrected chi connectivity index (χ3v) is 4.52. The van der Waals surface area contributed by atoms with E-state index in [0.717, 1.165) is 9.13 Å². The smallest absolute Gasteiger partial charge is 0.325 e. The van der Waals surface area contributed by atoms with Crippen LogP contribution >= 0.6 is 0 Å². The molecule has 11 nitrogen and oxygen atoms in total. The molecule has 1 atom stereocenters. The zero-order valence-electron chi connectivity index (χ0n) is 14.9. The second-order valence-electron chi connectivity index (χ2n) is 5.21. The summed E-state index contributed by atoms with van der Waals surface area (Å²) in [6, 6.07) is -0.0420. The lowest BCUT2D eigenvalue weighted by Gasteiger charge is -2.11. The Kier molecular flexibility index (Phi) is 5.65. The van der Waals surface area contributed by atoms with Crippen molar-refractivity contribution in [2.24, 2.45) is 17.3 Å². The monoisotopic (exact) mass is 382 g/mol. The number of rotatable bonds is 5. The molecule has 0 aliphatic carbocycles. The van der Waals surface area contributed by atoms with Crippen LogP contribution in [0.5, 0.6) is 11.9 Å². The Labute approximate surface area is 150 Å². The molecule has 0 aliphatic heterocycles. The van der Waals surface area contributed by atoms with Crippen molar-refractivity contribution in [1.29, 1.82) is 0 Å². The highest BCUT2D eigenvalue weighted by Gasteiger charge is 2.21. The first-order chi connectivity index (χ1) is 12.2. The minimum absolute atomic E-state index is 0.0420. The lowest BCUT2D eigenvalue weighted by molar-refractivity contribution is 0.0924. The molecule has 0 amide bonds. The molecule has 2 aromatic heterocycles. The molecule has 140 valence electrons. The molecular weight excluding hydrogens is 364 g/mol. The topological polar surface area (TPSA) is 141 Å². The highest BCUT2D eigenvalue weighted by Crippen LogP contribution is 2.29. The largest absolute Gasteiger partial charge is 0.494 e. The van der Waals surface area contributed by atoms with Crippen molar-refractivity contribution in [3.05, 3.63) is 15.9 Å². The highest BCUT2D eigenvalue weighted by atomic mass is 32.2. The molecule has 26 heavy (non-hydrogen) atoms. The molecule has 0 aliphatic rings. The van der Waals surface area contributed by atoms with Gasteiger partial charge in [-0.2, -0.15) is 4.57 Å². The minimum atomic E-state index is -1.56. The zero-order chi connectivity index (χ0) is 19.6. The first-order valence-corrected chi connectivity index (χ1v) is 9.03. The molecule has 2 heterocycles. The third kappa shape index (κ3) is 3.40. The first-order valence-electron chi connectivity index (χ1n) is 7.47. The Morgan fingerprint density at radius 2 is 2.00 bits per heavy atom. The summed E-state index contributed by atoms with van der Waals surface area (Å²) in [4.78, 5) is 24.2. The summed E-state index contributed by atoms with van der Waals surface area (Å²) >= 11 is 0. The number of carbonyl (C=O) groups is 1. The number of aromatic nitrogens is 4. The summed E-state index contributed by atoms with van der Waals surface area (Å²) in [6.07, 6.45) is 1.37. The normalized spacial score (nSPS) is 12.5. The van der Waals surface area contributed by atoms with Crippen LogP contribution in [0.2, 0.25) is 0 Å². The Hall–Kier alpha value is -2.89. The van der Waals surface area contributed by atoms with Crippen LogP contribution in [0.3, 0.4) is 0 Å². The quantitative estimate of drug-likeness (QED) is 0.766. The SMILES string of the molecule is CCOc1nnc(N=Nc2c(C)c(S(C)=O)c(O)n(C)c2=O)n1C(C)=O. The van der Waals surface area contributed by atoms with Gasteiger partial charge in [0.1, 0.15) is 4.90 Å². The fourth-order valence-electron chi connectivity index (χ4n) is 2.22. The number of aromatic hydroxyl groups is 1. The molecule has 0 saturated heterocycles. The fourth-order valence-corrected chi connectivity index (χ4v) is 3.15. The number of azo groups is 1. The van der Waals surface area contributed by atoms with Gasteiger partial charge in [0.2, 0.25) is 11.8 Å². The van der Waals surface area contributed by atoms with Crippen molar-refractivity contribution in [3.8, 4) is 11.9 Å². The van der Waals surface area contributed by atoms with E-state index in [-0.39, 0.29) is 34.7 Å². The molecule has 1 unspecified atom stereocenters. The molecule has 0 saturated carbocycles. The predicted molar refractivity (Wildman–Crippen MR) is 92.1 cm³/mol. The summed E-state index contributed by atoms with van der Waals surface area (Å²) in [5.74, 6) is -1.02. The van der Waals surface area contributed by atoms with Crippen LogP contribution < -0.4 is 10.3 Å². The maximum absolute atomic E-state index is 12.3. The van der Waals surface area contributed by atoms with Crippen molar-refractivity contribution in [2.45, 2.75) is 25.7 Å². The number of ether oxygens (including phenoxy) is 1. The molecule has 0 aromatic carbocycles. The Balaban J connectivity index is 2.62. The minimum Gasteiger partial charge on any atom is -0.494 e. The van der Waals surface area contributed by atoms with E-state index in [4.69, 9.17) is 4.74 Å². The molecular formula is C14H18N6O5S. The highest BCUT2D eigenvalue weighted by molar-refractivity contribution is 7.84. The summed E-state index contributed by atoms with van der Waals surface area (Å²) in [5, 5.41) is 25.1. The molecule has 2 aromatic rings. The number of hydrogen-bond acceptors (Lipinski definition) is 9. The summed E-state index contributed by atoms with van der Waals surface area (Å²) < 4.78 is 19.0. The van der Waals surface area contributed by atoms with Crippen molar-refractivity contribution in [2.75, 3.05) is 12.9 Å². The van der Waals surface area contributed by atoms with E-state index in [1.807, 2.05) is 0 Å². The molecule has 0 spiro atoms. The summed E-state index contributed by atoms with van der Waals surface area (Å²) in [6.45, 7) is 4.75. The lowest BCUT2D eigenvalue weighted by Crippen LogP contribution is -2.19. The predicted octanol–water partition coefficient (Wildman–Crippen LogP) is 1.20. The van der Waals surface area contributed by atoms with Gasteiger partial charge in [-0.1, -0.05) is 5.10 Å². The number of hydrogen-bond donors (Lipinski definition) is 1. The van der Waals surface area contributed by atoms with Gasteiger partial charge in [-0.05, 0) is 13.8 Å². The van der Waals surface area contributed by atoms with Gasteiger partial charge in [-0.3, -0.25) is 18.4 Å². The molecule has 12 heteroatoms. The zero-order valence-corrected chi connectivity index (χ0v) is 15.7. The van der Waals surface area contributed by atoms with Gasteiger partial charge in [0.25, 0.3) is 11.5 Å². The molecule has 0 bridgehead atoms. The lowest BCUT2D eigenvalue weighted by atomic mass is 10.2. The number of nitrogens with zero attached hydrogens (tertiary/aromatic N) is 6. The van der Waals surface area contributed by atoms with Crippen molar-refractivity contribution >= 4 is 28.3 Å². The van der Waals surface area contributed by atoms with Crippen LogP contribution in [-0.4, -0.2) is 47.4 Å². The van der Waals surface area contributed by atoms with Crippen molar-refractivity contribution in [3.63, 3.8) is 0 Å². The molecule has 0 radical (unpaired) electrons. The van der Waals surface area contributed by atoms with Gasteiger partial charge in [0.15, 0.2) is 5.69 Å². The average Bonchev–Trinajstić information content (AvgIpc) is 2.96. The Bertz CT molecular complexity index is 977. The summed E-state index contributed by atoms with van der Waals surface area (Å²) in [7, 11) is -0.241. The third-order valence-electron chi connectivity index (χ3n) is 3.46. The van der Waals surface area contributed by atoms with E-state index in [2.05, 4.69) is 20.4 Å². The van der Waals surface area contributed by atoms with Crippen molar-refractivity contribution in [1.82, 2.24) is 19.3 Å². The van der Waals surface area contributed by atoms with Gasteiger partial charge in [-0.25, -0.2) is 0 Å². The van der Waals surface area contributed by atoms with Gasteiger partial charge in [0.05, 0.1) is 17.4 Å². The van der Waals surface area contributed by atoms with Crippen LogP contribution in [0.4, 0.5) is 11.6 Å². The van der Waals surface area contributed by atoms with Crippen LogP contribution in [-0.2, 0) is 17.8 Å². The van der Waals surface area contributed by atoms with E-state index < -0.39 is 28.1 Å². The van der Waals surface area contributed by atoms with Gasteiger partial charge < -0.3 is 9.84 Å². The molecule has 2 rings (SSSR count). The second-order valence-corrected chi connectivity index (χ2v) is 6.53. The maximum Gasteiger partial charge on any atom is 0.325 e. The van der Waals surface area contributed by atoms with Crippen LogP contribution in [0, 0.1) is 6.92 Å². The molecule has 0 fully saturated rings. The first kappa shape index (κ1) is 19.4. The Morgan fingerprint density at radius 3 is 2.54 bits per heavy atom. The van der Waals surface area contributed by atoms with Gasteiger partial charge in [0, 0.05) is 25.8 Å². The van der Waals surface area contributed by atoms with Crippen LogP contribution in [0.1, 0.15) is 24.2 Å². The van der Waals surface area contributed by atoms with E-state index >= 15 is 0 Å². The van der Waals surface area contributed by atoms with Crippen LogP contribution in [0.15, 0.2) is 19.9 Å². The molecule has 1 N–H and O–H groups in total. The summed E-state index contributed by atoms with van der Waals surface area (Å²) in [5.41, 5.74) is -0.558. The van der Waals surface area contributed by atoms with Crippen LogP contribution in [0.25, 0.3) is 0 Å². The maximum atomic E-state index is 12.3. The van der Waals surface area contributed by atoms with E-state index in [9.17, 15) is 18.9 Å². The fraction of sp³-hybridized carbons (Fsp3) is 0.429. The van der Waals surface area contributed by atoms with E-state index in [0.29, 0.717) is 0 Å². The van der Waals surface area contributed by atoms with Gasteiger partial charge in [-0.15, -0.1) is 15.3 Å². The van der Waals surface area contributed by atoms with Gasteiger partial charge >= 0.3 is 6.01 Å². The average molecular weight is 382 g/mol. The second kappa shape index (κ2) is 7.56. The standard InChI is InChI=1S/C14H18N6O5S/c1-6-25-14-18-17-13(20(14)8(3)21)16-15-9-7(2)10(26(5)24)12(23)19(4)11(9)22/h23H,6H2,1-5H3. The van der Waals surface area contributed by atoms with E-state index in [1.54, 1.807) is 6.92 Å².